The van der Waals surface area contributed by atoms with E-state index in [9.17, 15) is 0 Å². The maximum atomic E-state index is 5.45. The lowest BCUT2D eigenvalue weighted by Gasteiger charge is -2.43. The highest BCUT2D eigenvalue weighted by atomic mass is 16.5. The molecule has 0 amide bonds. The van der Waals surface area contributed by atoms with E-state index in [0.29, 0.717) is 6.54 Å². The topological polar surface area (TPSA) is 45.7 Å². The van der Waals surface area contributed by atoms with Crippen molar-refractivity contribution in [2.75, 3.05) is 26.7 Å². The van der Waals surface area contributed by atoms with E-state index in [-0.39, 0.29) is 11.0 Å². The Kier molecular flexibility index (Phi) is 6.05. The van der Waals surface area contributed by atoms with Crippen molar-refractivity contribution in [1.82, 2.24) is 10.6 Å². The molecule has 0 radical (unpaired) electrons. The number of hydrogen-bond donors (Lipinski definition) is 2. The highest BCUT2D eigenvalue weighted by Gasteiger charge is 2.38. The molecular weight excluding hydrogens is 286 g/mol. The van der Waals surface area contributed by atoms with Crippen LogP contribution in [0.25, 0.3) is 0 Å². The lowest BCUT2D eigenvalue weighted by atomic mass is 9.64. The Morgan fingerprint density at radius 1 is 1.22 bits per heavy atom. The number of hydrogen-bond acceptors (Lipinski definition) is 2. The van der Waals surface area contributed by atoms with E-state index < -0.39 is 0 Å². The van der Waals surface area contributed by atoms with Crippen LogP contribution in [0.15, 0.2) is 35.3 Å². The largest absolute Gasteiger partial charge is 0.377 e. The molecule has 4 nitrogen and oxygen atoms in total. The number of guanidine groups is 1. The number of rotatable bonds is 7. The summed E-state index contributed by atoms with van der Waals surface area (Å²) in [6.45, 7) is 8.62. The molecule has 0 saturated heterocycles. The van der Waals surface area contributed by atoms with Gasteiger partial charge in [0.15, 0.2) is 5.96 Å². The molecule has 0 bridgehead atoms. The fourth-order valence-corrected chi connectivity index (χ4v) is 2.89. The first-order chi connectivity index (χ1) is 11.0. The summed E-state index contributed by atoms with van der Waals surface area (Å²) in [6.07, 6.45) is 3.79. The van der Waals surface area contributed by atoms with Crippen LogP contribution in [0.1, 0.15) is 45.6 Å². The maximum Gasteiger partial charge on any atom is 0.191 e. The average molecular weight is 317 g/mol. The summed E-state index contributed by atoms with van der Waals surface area (Å²) < 4.78 is 5.45. The van der Waals surface area contributed by atoms with Gasteiger partial charge in [0, 0.05) is 25.6 Å². The zero-order valence-electron chi connectivity index (χ0n) is 15.0. The minimum Gasteiger partial charge on any atom is -0.377 e. The van der Waals surface area contributed by atoms with Gasteiger partial charge in [0.05, 0.1) is 12.1 Å². The molecule has 0 spiro atoms. The van der Waals surface area contributed by atoms with E-state index in [1.807, 2.05) is 0 Å². The third-order valence-electron chi connectivity index (χ3n) is 4.81. The molecule has 4 heteroatoms. The number of benzene rings is 1. The number of aliphatic imine (C=N–C) groups is 1. The van der Waals surface area contributed by atoms with Crippen molar-refractivity contribution in [3.8, 4) is 0 Å². The Hall–Kier alpha value is -1.55. The SMILES string of the molecule is CCNC(=NCC(C)(C)OC)NCC1(c2ccccc2)CCC1. The van der Waals surface area contributed by atoms with Gasteiger partial charge in [0.25, 0.3) is 0 Å². The van der Waals surface area contributed by atoms with Crippen molar-refractivity contribution in [3.63, 3.8) is 0 Å². The summed E-state index contributed by atoms with van der Waals surface area (Å²) in [4.78, 5) is 4.68. The van der Waals surface area contributed by atoms with Crippen molar-refractivity contribution in [1.29, 1.82) is 0 Å². The van der Waals surface area contributed by atoms with Crippen molar-refractivity contribution >= 4 is 5.96 Å². The van der Waals surface area contributed by atoms with Crippen molar-refractivity contribution in [3.05, 3.63) is 35.9 Å². The Bertz CT molecular complexity index is 507. The molecule has 0 unspecified atom stereocenters. The number of ether oxygens (including phenoxy) is 1. The van der Waals surface area contributed by atoms with E-state index >= 15 is 0 Å². The van der Waals surface area contributed by atoms with Crippen molar-refractivity contribution < 1.29 is 4.74 Å². The van der Waals surface area contributed by atoms with Gasteiger partial charge < -0.3 is 15.4 Å². The molecule has 23 heavy (non-hydrogen) atoms. The maximum absolute atomic E-state index is 5.45. The molecule has 0 heterocycles. The molecule has 128 valence electrons. The molecule has 0 aromatic heterocycles. The normalized spacial score (nSPS) is 17.5. The highest BCUT2D eigenvalue weighted by molar-refractivity contribution is 5.80. The van der Waals surface area contributed by atoms with Gasteiger partial charge in [-0.25, -0.2) is 0 Å². The van der Waals surface area contributed by atoms with E-state index in [1.165, 1.54) is 24.8 Å². The van der Waals surface area contributed by atoms with Gasteiger partial charge in [0.1, 0.15) is 0 Å². The summed E-state index contributed by atoms with van der Waals surface area (Å²) in [6, 6.07) is 10.9. The minimum absolute atomic E-state index is 0.240. The second kappa shape index (κ2) is 7.82. The fraction of sp³-hybridized carbons (Fsp3) is 0.632. The van der Waals surface area contributed by atoms with Gasteiger partial charge in [-0.2, -0.15) is 0 Å². The Labute approximate surface area is 140 Å². The van der Waals surface area contributed by atoms with Gasteiger partial charge in [-0.3, -0.25) is 4.99 Å². The van der Waals surface area contributed by atoms with Crippen LogP contribution in [0.3, 0.4) is 0 Å². The molecule has 2 rings (SSSR count). The molecule has 1 aromatic carbocycles. The third kappa shape index (κ3) is 4.71. The molecule has 1 aliphatic rings. The smallest absolute Gasteiger partial charge is 0.191 e. The van der Waals surface area contributed by atoms with Gasteiger partial charge in [-0.05, 0) is 39.2 Å². The summed E-state index contributed by atoms with van der Waals surface area (Å²) >= 11 is 0. The van der Waals surface area contributed by atoms with Gasteiger partial charge in [0.2, 0.25) is 0 Å². The highest BCUT2D eigenvalue weighted by Crippen LogP contribution is 2.43. The lowest BCUT2D eigenvalue weighted by Crippen LogP contribution is -2.49. The van der Waals surface area contributed by atoms with Gasteiger partial charge >= 0.3 is 0 Å². The first-order valence-corrected chi connectivity index (χ1v) is 8.64. The van der Waals surface area contributed by atoms with Crippen LogP contribution in [0.4, 0.5) is 0 Å². The van der Waals surface area contributed by atoms with Crippen LogP contribution in [0.5, 0.6) is 0 Å². The first kappa shape index (κ1) is 17.8. The van der Waals surface area contributed by atoms with E-state index in [4.69, 9.17) is 4.74 Å². The predicted octanol–water partition coefficient (Wildman–Crippen LogP) is 3.09. The zero-order valence-corrected chi connectivity index (χ0v) is 15.0. The van der Waals surface area contributed by atoms with Crippen LogP contribution in [0.2, 0.25) is 0 Å². The molecule has 1 aliphatic carbocycles. The molecule has 2 N–H and O–H groups in total. The summed E-state index contributed by atoms with van der Waals surface area (Å²) in [5, 5.41) is 6.88. The van der Waals surface area contributed by atoms with Crippen LogP contribution >= 0.6 is 0 Å². The Balaban J connectivity index is 2.01. The van der Waals surface area contributed by atoms with E-state index in [2.05, 4.69) is 66.7 Å². The van der Waals surface area contributed by atoms with Gasteiger partial charge in [-0.15, -0.1) is 0 Å². The van der Waals surface area contributed by atoms with Crippen LogP contribution in [-0.2, 0) is 10.2 Å². The fourth-order valence-electron chi connectivity index (χ4n) is 2.89. The van der Waals surface area contributed by atoms with Gasteiger partial charge in [-0.1, -0.05) is 36.8 Å². The predicted molar refractivity (Wildman–Crippen MR) is 97.0 cm³/mol. The quantitative estimate of drug-likeness (QED) is 0.600. The average Bonchev–Trinajstić information content (AvgIpc) is 2.52. The number of nitrogens with one attached hydrogen (secondary N) is 2. The van der Waals surface area contributed by atoms with E-state index in [1.54, 1.807) is 7.11 Å². The standard InChI is InChI=1S/C19H31N3O/c1-5-20-17(21-14-18(2,3)23-4)22-15-19(12-9-13-19)16-10-7-6-8-11-16/h6-8,10-11H,5,9,12-15H2,1-4H3,(H2,20,21,22). The Morgan fingerprint density at radius 2 is 1.91 bits per heavy atom. The van der Waals surface area contributed by atoms with Crippen LogP contribution < -0.4 is 10.6 Å². The Morgan fingerprint density at radius 3 is 2.43 bits per heavy atom. The molecule has 1 saturated carbocycles. The molecule has 1 fully saturated rings. The second-order valence-corrected chi connectivity index (χ2v) is 7.01. The lowest BCUT2D eigenvalue weighted by molar-refractivity contribution is 0.0310. The van der Waals surface area contributed by atoms with E-state index in [0.717, 1.165) is 19.0 Å². The van der Waals surface area contributed by atoms with Crippen molar-refractivity contribution in [2.45, 2.75) is 51.0 Å². The summed E-state index contributed by atoms with van der Waals surface area (Å²) in [5.41, 5.74) is 1.45. The summed E-state index contributed by atoms with van der Waals surface area (Å²) in [7, 11) is 1.73. The molecular formula is C19H31N3O. The molecule has 0 aliphatic heterocycles. The summed E-state index contributed by atoms with van der Waals surface area (Å²) in [5.74, 6) is 0.875. The molecule has 0 atom stereocenters. The second-order valence-electron chi connectivity index (χ2n) is 7.01. The van der Waals surface area contributed by atoms with Crippen molar-refractivity contribution in [2.24, 2.45) is 4.99 Å². The van der Waals surface area contributed by atoms with Crippen LogP contribution in [0, 0.1) is 0 Å². The minimum atomic E-state index is -0.240. The number of nitrogens with zero attached hydrogens (tertiary/aromatic N) is 1. The van der Waals surface area contributed by atoms with Crippen LogP contribution in [-0.4, -0.2) is 38.3 Å². The molecule has 1 aromatic rings. The zero-order chi connectivity index (χ0) is 16.8. The third-order valence-corrected chi connectivity index (χ3v) is 4.81. The monoisotopic (exact) mass is 317 g/mol. The number of methoxy groups -OCH3 is 1. The first-order valence-electron chi connectivity index (χ1n) is 8.64.